The highest BCUT2D eigenvalue weighted by molar-refractivity contribution is 5.94. The van der Waals surface area contributed by atoms with Crippen LogP contribution in [0.15, 0.2) is 28.8 Å². The molecule has 0 saturated carbocycles. The van der Waals surface area contributed by atoms with Crippen LogP contribution in [0.25, 0.3) is 0 Å². The normalized spacial score (nSPS) is 17.5. The van der Waals surface area contributed by atoms with Gasteiger partial charge in [0.15, 0.2) is 5.82 Å². The molecule has 3 rings (SSSR count). The second-order valence-electron chi connectivity index (χ2n) is 6.13. The minimum atomic E-state index is 0.00195. The lowest BCUT2D eigenvalue weighted by atomic mass is 9.96. The zero-order chi connectivity index (χ0) is 17.6. The number of aryl methyl sites for hydroxylation is 1. The number of likely N-dealkylation sites (tertiary alicyclic amines) is 1. The van der Waals surface area contributed by atoms with Crippen molar-refractivity contribution in [3.05, 3.63) is 41.5 Å². The fourth-order valence-electron chi connectivity index (χ4n) is 3.00. The van der Waals surface area contributed by atoms with Crippen molar-refractivity contribution in [2.75, 3.05) is 33.4 Å². The maximum Gasteiger partial charge on any atom is 0.254 e. The highest BCUT2D eigenvalue weighted by Crippen LogP contribution is 2.26. The number of ether oxygens (including phenoxy) is 2. The lowest BCUT2D eigenvalue weighted by molar-refractivity contribution is 0.0703. The summed E-state index contributed by atoms with van der Waals surface area (Å²) in [6.07, 6.45) is 1.89. The first-order chi connectivity index (χ1) is 12.2. The molecule has 2 aromatic rings. The summed E-state index contributed by atoms with van der Waals surface area (Å²) in [6, 6.07) is 7.26. The van der Waals surface area contributed by atoms with E-state index in [1.807, 2.05) is 23.1 Å². The first-order valence-electron chi connectivity index (χ1n) is 8.48. The molecule has 1 aliphatic rings. The minimum absolute atomic E-state index is 0.00195. The van der Waals surface area contributed by atoms with Crippen molar-refractivity contribution in [1.29, 1.82) is 0 Å². The van der Waals surface area contributed by atoms with Gasteiger partial charge in [-0.25, -0.2) is 0 Å². The van der Waals surface area contributed by atoms with E-state index in [-0.39, 0.29) is 11.8 Å². The van der Waals surface area contributed by atoms with E-state index in [1.54, 1.807) is 20.1 Å². The van der Waals surface area contributed by atoms with Crippen molar-refractivity contribution in [3.63, 3.8) is 0 Å². The Morgan fingerprint density at radius 1 is 1.40 bits per heavy atom. The van der Waals surface area contributed by atoms with Gasteiger partial charge in [0.25, 0.3) is 5.91 Å². The summed E-state index contributed by atoms with van der Waals surface area (Å²) >= 11 is 0. The van der Waals surface area contributed by atoms with Gasteiger partial charge in [-0.2, -0.15) is 4.98 Å². The lowest BCUT2D eigenvalue weighted by Crippen LogP contribution is -2.39. The number of methoxy groups -OCH3 is 1. The summed E-state index contributed by atoms with van der Waals surface area (Å²) in [5, 5.41) is 4.01. The highest BCUT2D eigenvalue weighted by Gasteiger charge is 2.28. The number of rotatable bonds is 6. The number of nitrogens with zero attached hydrogens (tertiary/aromatic N) is 3. The summed E-state index contributed by atoms with van der Waals surface area (Å²) < 4.78 is 15.6. The van der Waals surface area contributed by atoms with E-state index in [0.29, 0.717) is 42.8 Å². The standard InChI is InChI=1S/C18H23N3O4/c1-13-19-17(20-25-13)15-6-4-8-21(12-15)18(22)14-5-3-7-16(11-14)24-10-9-23-2/h3,5,7,11,15H,4,6,8-10,12H2,1-2H3/t15-/m0/s1. The molecular weight excluding hydrogens is 322 g/mol. The van der Waals surface area contributed by atoms with Gasteiger partial charge in [-0.05, 0) is 31.0 Å². The average molecular weight is 345 g/mol. The van der Waals surface area contributed by atoms with Crippen LogP contribution in [0.3, 0.4) is 0 Å². The van der Waals surface area contributed by atoms with Crippen molar-refractivity contribution in [1.82, 2.24) is 15.0 Å². The van der Waals surface area contributed by atoms with Crippen molar-refractivity contribution in [3.8, 4) is 5.75 Å². The molecule has 7 nitrogen and oxygen atoms in total. The van der Waals surface area contributed by atoms with E-state index >= 15 is 0 Å². The largest absolute Gasteiger partial charge is 0.491 e. The Labute approximate surface area is 146 Å². The van der Waals surface area contributed by atoms with Gasteiger partial charge in [0.1, 0.15) is 12.4 Å². The maximum absolute atomic E-state index is 12.8. The van der Waals surface area contributed by atoms with Gasteiger partial charge >= 0.3 is 0 Å². The molecule has 1 aromatic heterocycles. The zero-order valence-corrected chi connectivity index (χ0v) is 14.6. The molecule has 0 unspecified atom stereocenters. The Kier molecular flexibility index (Phi) is 5.65. The minimum Gasteiger partial charge on any atom is -0.491 e. The molecule has 1 amide bonds. The van der Waals surface area contributed by atoms with E-state index < -0.39 is 0 Å². The topological polar surface area (TPSA) is 77.7 Å². The Morgan fingerprint density at radius 2 is 2.28 bits per heavy atom. The monoisotopic (exact) mass is 345 g/mol. The molecule has 0 aliphatic carbocycles. The Hall–Kier alpha value is -2.41. The maximum atomic E-state index is 12.8. The van der Waals surface area contributed by atoms with Gasteiger partial charge < -0.3 is 18.9 Å². The molecule has 1 saturated heterocycles. The van der Waals surface area contributed by atoms with Gasteiger partial charge in [0.05, 0.1) is 6.61 Å². The number of amides is 1. The summed E-state index contributed by atoms with van der Waals surface area (Å²) in [6.45, 7) is 4.08. The SMILES string of the molecule is COCCOc1cccc(C(=O)N2CCC[C@H](c3noc(C)n3)C2)c1. The van der Waals surface area contributed by atoms with Gasteiger partial charge in [0, 0.05) is 38.6 Å². The molecule has 1 atom stereocenters. The second kappa shape index (κ2) is 8.11. The summed E-state index contributed by atoms with van der Waals surface area (Å²) in [4.78, 5) is 19.0. The van der Waals surface area contributed by atoms with Crippen LogP contribution in [0.1, 0.15) is 40.8 Å². The molecule has 1 aromatic carbocycles. The zero-order valence-electron chi connectivity index (χ0n) is 14.6. The third-order valence-electron chi connectivity index (χ3n) is 4.25. The fourth-order valence-corrected chi connectivity index (χ4v) is 3.00. The van der Waals surface area contributed by atoms with Crippen LogP contribution in [0.4, 0.5) is 0 Å². The summed E-state index contributed by atoms with van der Waals surface area (Å²) in [7, 11) is 1.63. The third-order valence-corrected chi connectivity index (χ3v) is 4.25. The number of hydrogen-bond acceptors (Lipinski definition) is 6. The van der Waals surface area contributed by atoms with E-state index in [2.05, 4.69) is 10.1 Å². The number of piperidine rings is 1. The Balaban J connectivity index is 1.66. The lowest BCUT2D eigenvalue weighted by Gasteiger charge is -2.31. The van der Waals surface area contributed by atoms with Crippen molar-refractivity contribution in [2.24, 2.45) is 0 Å². The third kappa shape index (κ3) is 4.36. The molecular formula is C18H23N3O4. The van der Waals surface area contributed by atoms with Gasteiger partial charge in [-0.15, -0.1) is 0 Å². The van der Waals surface area contributed by atoms with Crippen molar-refractivity contribution < 1.29 is 18.8 Å². The predicted molar refractivity (Wildman–Crippen MR) is 90.7 cm³/mol. The molecule has 0 bridgehead atoms. The van der Waals surface area contributed by atoms with Crippen molar-refractivity contribution in [2.45, 2.75) is 25.7 Å². The van der Waals surface area contributed by atoms with Crippen LogP contribution < -0.4 is 4.74 Å². The van der Waals surface area contributed by atoms with Crippen LogP contribution in [0.2, 0.25) is 0 Å². The van der Waals surface area contributed by atoms with Gasteiger partial charge in [0.2, 0.25) is 5.89 Å². The molecule has 2 heterocycles. The first kappa shape index (κ1) is 17.4. The Bertz CT molecular complexity index is 716. The van der Waals surface area contributed by atoms with Crippen molar-refractivity contribution >= 4 is 5.91 Å². The summed E-state index contributed by atoms with van der Waals surface area (Å²) in [5.74, 6) is 2.04. The van der Waals surface area contributed by atoms with Crippen LogP contribution in [0, 0.1) is 6.92 Å². The molecule has 1 fully saturated rings. The average Bonchev–Trinajstić information content (AvgIpc) is 3.08. The predicted octanol–water partition coefficient (Wildman–Crippen LogP) is 2.42. The number of carbonyl (C=O) groups is 1. The summed E-state index contributed by atoms with van der Waals surface area (Å²) in [5.41, 5.74) is 0.625. The van der Waals surface area contributed by atoms with Crippen LogP contribution in [-0.4, -0.2) is 54.4 Å². The van der Waals surface area contributed by atoms with E-state index in [9.17, 15) is 4.79 Å². The Morgan fingerprint density at radius 3 is 3.04 bits per heavy atom. The molecule has 1 aliphatic heterocycles. The van der Waals surface area contributed by atoms with Gasteiger partial charge in [-0.1, -0.05) is 11.2 Å². The molecule has 7 heteroatoms. The smallest absolute Gasteiger partial charge is 0.254 e. The van der Waals surface area contributed by atoms with Gasteiger partial charge in [-0.3, -0.25) is 4.79 Å². The van der Waals surface area contributed by atoms with E-state index in [0.717, 1.165) is 19.4 Å². The van der Waals surface area contributed by atoms with E-state index in [4.69, 9.17) is 14.0 Å². The second-order valence-corrected chi connectivity index (χ2v) is 6.13. The molecule has 25 heavy (non-hydrogen) atoms. The highest BCUT2D eigenvalue weighted by atomic mass is 16.5. The van der Waals surface area contributed by atoms with Crippen LogP contribution >= 0.6 is 0 Å². The molecule has 0 spiro atoms. The quantitative estimate of drug-likeness (QED) is 0.748. The number of aromatic nitrogens is 2. The number of benzene rings is 1. The first-order valence-corrected chi connectivity index (χ1v) is 8.48. The molecule has 134 valence electrons. The fraction of sp³-hybridized carbons (Fsp3) is 0.500. The number of hydrogen-bond donors (Lipinski definition) is 0. The molecule has 0 N–H and O–H groups in total. The van der Waals surface area contributed by atoms with E-state index in [1.165, 1.54) is 0 Å². The number of carbonyl (C=O) groups excluding carboxylic acids is 1. The van der Waals surface area contributed by atoms with Crippen LogP contribution in [0.5, 0.6) is 5.75 Å². The molecule has 0 radical (unpaired) electrons. The van der Waals surface area contributed by atoms with Crippen LogP contribution in [-0.2, 0) is 4.74 Å².